The zero-order valence-corrected chi connectivity index (χ0v) is 18.1. The van der Waals surface area contributed by atoms with Crippen molar-refractivity contribution in [2.45, 2.75) is 23.4 Å². The highest BCUT2D eigenvalue weighted by atomic mass is 35.5. The second kappa shape index (κ2) is 8.19. The number of carbonyl (C=O) groups excluding carboxylic acids is 1. The SMILES string of the molecule is CCN1CCN(C(c2ccccc2Cl)C2Sc3nc(-c4ccco4)nn3C2=O)CC1. The lowest BCUT2D eigenvalue weighted by Gasteiger charge is -2.40. The Morgan fingerprint density at radius 1 is 1.20 bits per heavy atom. The molecule has 0 spiro atoms. The van der Waals surface area contributed by atoms with Crippen molar-refractivity contribution in [3.05, 3.63) is 53.2 Å². The van der Waals surface area contributed by atoms with Gasteiger partial charge in [-0.05, 0) is 30.3 Å². The van der Waals surface area contributed by atoms with Crippen molar-refractivity contribution >= 4 is 29.3 Å². The Balaban J connectivity index is 1.46. The summed E-state index contributed by atoms with van der Waals surface area (Å²) in [6.45, 7) is 6.96. The third-order valence-electron chi connectivity index (χ3n) is 5.76. The Kier molecular flexibility index (Phi) is 5.41. The topological polar surface area (TPSA) is 67.4 Å². The molecule has 4 heterocycles. The molecule has 156 valence electrons. The fourth-order valence-electron chi connectivity index (χ4n) is 4.14. The number of carbonyl (C=O) groups is 1. The lowest BCUT2D eigenvalue weighted by Crippen LogP contribution is -2.50. The maximum absolute atomic E-state index is 13.4. The van der Waals surface area contributed by atoms with E-state index in [0.717, 1.165) is 38.3 Å². The predicted octanol–water partition coefficient (Wildman–Crippen LogP) is 3.68. The average Bonchev–Trinajstić information content (AvgIpc) is 3.49. The number of nitrogens with zero attached hydrogens (tertiary/aromatic N) is 5. The number of halogens is 1. The molecule has 1 saturated heterocycles. The van der Waals surface area contributed by atoms with E-state index in [0.29, 0.717) is 21.8 Å². The second-order valence-electron chi connectivity index (χ2n) is 7.42. The van der Waals surface area contributed by atoms with Gasteiger partial charge in [0, 0.05) is 31.2 Å². The minimum atomic E-state index is -0.348. The van der Waals surface area contributed by atoms with Gasteiger partial charge in [0.2, 0.25) is 5.82 Å². The van der Waals surface area contributed by atoms with E-state index in [9.17, 15) is 4.79 Å². The largest absolute Gasteiger partial charge is 0.461 e. The molecular formula is C21H22ClN5O2S. The standard InChI is InChI=1S/C21H22ClN5O2S/c1-2-25-9-11-26(12-10-25)17(14-6-3-4-7-15(14)22)18-20(28)27-21(30-18)23-19(24-27)16-8-5-13-29-16/h3-8,13,17-18H,2,9-12H2,1H3. The molecule has 0 radical (unpaired) electrons. The first kappa shape index (κ1) is 19.8. The molecule has 0 N–H and O–H groups in total. The summed E-state index contributed by atoms with van der Waals surface area (Å²) in [6, 6.07) is 11.2. The fourth-order valence-corrected chi connectivity index (χ4v) is 5.63. The van der Waals surface area contributed by atoms with Crippen molar-refractivity contribution in [2.24, 2.45) is 0 Å². The van der Waals surface area contributed by atoms with Crippen molar-refractivity contribution in [3.8, 4) is 11.6 Å². The molecule has 0 saturated carbocycles. The van der Waals surface area contributed by atoms with Crippen LogP contribution in [0.5, 0.6) is 0 Å². The summed E-state index contributed by atoms with van der Waals surface area (Å²) in [5.74, 6) is 0.920. The van der Waals surface area contributed by atoms with Crippen molar-refractivity contribution in [3.63, 3.8) is 0 Å². The fraction of sp³-hybridized carbons (Fsp3) is 0.381. The normalized spacial score (nSPS) is 21.1. The first-order valence-corrected chi connectivity index (χ1v) is 11.3. The molecule has 2 aliphatic rings. The van der Waals surface area contributed by atoms with Crippen LogP contribution in [0.1, 0.15) is 23.3 Å². The molecule has 5 rings (SSSR count). The average molecular weight is 444 g/mol. The zero-order chi connectivity index (χ0) is 20.7. The molecule has 2 aliphatic heterocycles. The number of furan rings is 1. The molecule has 7 nitrogen and oxygen atoms in total. The minimum Gasteiger partial charge on any atom is -0.461 e. The molecule has 0 aliphatic carbocycles. The monoisotopic (exact) mass is 443 g/mol. The van der Waals surface area contributed by atoms with E-state index in [4.69, 9.17) is 16.0 Å². The first-order valence-electron chi connectivity index (χ1n) is 10.1. The summed E-state index contributed by atoms with van der Waals surface area (Å²) < 4.78 is 6.79. The quantitative estimate of drug-likeness (QED) is 0.595. The van der Waals surface area contributed by atoms with Gasteiger partial charge in [0.1, 0.15) is 5.25 Å². The Labute approximate surface area is 184 Å². The number of thioether (sulfide) groups is 1. The number of aromatic nitrogens is 3. The van der Waals surface area contributed by atoms with Gasteiger partial charge >= 0.3 is 0 Å². The van der Waals surface area contributed by atoms with Crippen molar-refractivity contribution in [1.82, 2.24) is 24.6 Å². The number of rotatable bonds is 5. The van der Waals surface area contributed by atoms with E-state index in [2.05, 4.69) is 26.8 Å². The first-order chi connectivity index (χ1) is 14.7. The van der Waals surface area contributed by atoms with Crippen LogP contribution in [0.25, 0.3) is 11.6 Å². The second-order valence-corrected chi connectivity index (χ2v) is 8.94. The van der Waals surface area contributed by atoms with Crippen LogP contribution >= 0.6 is 23.4 Å². The van der Waals surface area contributed by atoms with Gasteiger partial charge in [-0.3, -0.25) is 9.69 Å². The number of likely N-dealkylation sites (N-methyl/N-ethyl adjacent to an activating group) is 1. The van der Waals surface area contributed by atoms with Crippen LogP contribution in [-0.4, -0.2) is 68.4 Å². The summed E-state index contributed by atoms with van der Waals surface area (Å²) >= 11 is 8.05. The number of hydrogen-bond donors (Lipinski definition) is 0. The zero-order valence-electron chi connectivity index (χ0n) is 16.6. The van der Waals surface area contributed by atoms with E-state index in [1.807, 2.05) is 24.3 Å². The smallest absolute Gasteiger partial charge is 0.264 e. The van der Waals surface area contributed by atoms with Crippen LogP contribution in [0.3, 0.4) is 0 Å². The van der Waals surface area contributed by atoms with Gasteiger partial charge in [-0.15, -0.1) is 5.10 Å². The summed E-state index contributed by atoms with van der Waals surface area (Å²) in [4.78, 5) is 22.7. The molecule has 2 atom stereocenters. The van der Waals surface area contributed by atoms with E-state index in [1.54, 1.807) is 18.4 Å². The number of fused-ring (bicyclic) bond motifs is 1. The van der Waals surface area contributed by atoms with Gasteiger partial charge in [0.05, 0.1) is 12.3 Å². The number of hydrogen-bond acceptors (Lipinski definition) is 7. The van der Waals surface area contributed by atoms with Gasteiger partial charge in [0.25, 0.3) is 5.91 Å². The minimum absolute atomic E-state index is 0.0665. The van der Waals surface area contributed by atoms with Crippen molar-refractivity contribution < 1.29 is 9.21 Å². The van der Waals surface area contributed by atoms with Crippen molar-refractivity contribution in [2.75, 3.05) is 32.7 Å². The van der Waals surface area contributed by atoms with Gasteiger partial charge < -0.3 is 9.32 Å². The molecular weight excluding hydrogens is 422 g/mol. The Bertz CT molecular complexity index is 1050. The van der Waals surface area contributed by atoms with Crippen LogP contribution in [0.4, 0.5) is 0 Å². The summed E-state index contributed by atoms with van der Waals surface area (Å²) in [5, 5.41) is 5.35. The third kappa shape index (κ3) is 3.47. The van der Waals surface area contributed by atoms with Crippen molar-refractivity contribution in [1.29, 1.82) is 0 Å². The molecule has 0 amide bonds. The van der Waals surface area contributed by atoms with E-state index in [-0.39, 0.29) is 17.2 Å². The van der Waals surface area contributed by atoms with Crippen LogP contribution in [0.15, 0.2) is 52.2 Å². The van der Waals surface area contributed by atoms with E-state index in [1.165, 1.54) is 16.4 Å². The maximum Gasteiger partial charge on any atom is 0.264 e. The molecule has 2 unspecified atom stereocenters. The van der Waals surface area contributed by atoms with Crippen LogP contribution in [0, 0.1) is 0 Å². The summed E-state index contributed by atoms with van der Waals surface area (Å²) in [7, 11) is 0. The van der Waals surface area contributed by atoms with Gasteiger partial charge in [-0.25, -0.2) is 0 Å². The van der Waals surface area contributed by atoms with Crippen LogP contribution < -0.4 is 0 Å². The number of benzene rings is 1. The molecule has 30 heavy (non-hydrogen) atoms. The highest BCUT2D eigenvalue weighted by molar-refractivity contribution is 8.00. The Hall–Kier alpha value is -2.13. The Morgan fingerprint density at radius 3 is 2.67 bits per heavy atom. The highest BCUT2D eigenvalue weighted by Gasteiger charge is 2.44. The lowest BCUT2D eigenvalue weighted by atomic mass is 10.00. The molecule has 2 aromatic heterocycles. The van der Waals surface area contributed by atoms with Gasteiger partial charge in [0.15, 0.2) is 10.9 Å². The Morgan fingerprint density at radius 2 is 2.00 bits per heavy atom. The summed E-state index contributed by atoms with van der Waals surface area (Å²) in [5.41, 5.74) is 0.979. The molecule has 9 heteroatoms. The van der Waals surface area contributed by atoms with E-state index < -0.39 is 0 Å². The van der Waals surface area contributed by atoms with Gasteiger partial charge in [-0.2, -0.15) is 9.67 Å². The van der Waals surface area contributed by atoms with Crippen LogP contribution in [0.2, 0.25) is 5.02 Å². The lowest BCUT2D eigenvalue weighted by molar-refractivity contribution is 0.0739. The van der Waals surface area contributed by atoms with E-state index >= 15 is 0 Å². The predicted molar refractivity (Wildman–Crippen MR) is 116 cm³/mol. The molecule has 0 bridgehead atoms. The number of piperazine rings is 1. The highest BCUT2D eigenvalue weighted by Crippen LogP contribution is 2.43. The maximum atomic E-state index is 13.4. The molecule has 3 aromatic rings. The van der Waals surface area contributed by atoms with Gasteiger partial charge in [-0.1, -0.05) is 48.5 Å². The molecule has 1 fully saturated rings. The summed E-state index contributed by atoms with van der Waals surface area (Å²) in [6.07, 6.45) is 1.57. The molecule has 1 aromatic carbocycles. The third-order valence-corrected chi connectivity index (χ3v) is 7.29. The van der Waals surface area contributed by atoms with Crippen LogP contribution in [-0.2, 0) is 0 Å².